The molecule has 1 N–H and O–H groups in total. The van der Waals surface area contributed by atoms with Crippen molar-refractivity contribution in [1.82, 2.24) is 0 Å². The van der Waals surface area contributed by atoms with Gasteiger partial charge in [0.2, 0.25) is 0 Å². The van der Waals surface area contributed by atoms with Gasteiger partial charge in [-0.05, 0) is 49.8 Å². The van der Waals surface area contributed by atoms with Crippen LogP contribution in [-0.4, -0.2) is 23.6 Å². The molecule has 0 saturated heterocycles. The maximum absolute atomic E-state index is 5.41. The number of nitrogens with one attached hydrogen (secondary N) is 1. The zero-order valence-corrected chi connectivity index (χ0v) is 14.9. The highest BCUT2D eigenvalue weighted by atomic mass is 79.9. The molecule has 0 radical (unpaired) electrons. The number of methoxy groups -OCH3 is 1. The van der Waals surface area contributed by atoms with Crippen LogP contribution in [0.1, 0.15) is 32.6 Å². The highest BCUT2D eigenvalue weighted by Crippen LogP contribution is 2.42. The molecule has 1 saturated carbocycles. The molecule has 0 bridgehead atoms. The molecular weight excluding hydrogens is 348 g/mol. The lowest BCUT2D eigenvalue weighted by Gasteiger charge is -2.32. The molecule has 3 nitrogen and oxygen atoms in total. The lowest BCUT2D eigenvalue weighted by Crippen LogP contribution is -2.32. The Morgan fingerprint density at radius 1 is 1.38 bits per heavy atom. The summed E-state index contributed by atoms with van der Waals surface area (Å²) in [6.45, 7) is 2.35. The number of anilines is 1. The number of aliphatic imine (C=N–C) groups is 1. The molecule has 21 heavy (non-hydrogen) atoms. The van der Waals surface area contributed by atoms with Crippen molar-refractivity contribution in [2.45, 2.75) is 38.1 Å². The van der Waals surface area contributed by atoms with Gasteiger partial charge in [0.15, 0.2) is 5.17 Å². The molecule has 0 unspecified atom stereocenters. The summed E-state index contributed by atoms with van der Waals surface area (Å²) in [7, 11) is 1.70. The first-order chi connectivity index (χ1) is 10.1. The van der Waals surface area contributed by atoms with Crippen LogP contribution in [0.3, 0.4) is 0 Å². The van der Waals surface area contributed by atoms with Gasteiger partial charge in [0.25, 0.3) is 0 Å². The molecule has 1 heterocycles. The van der Waals surface area contributed by atoms with E-state index in [0.29, 0.717) is 0 Å². The van der Waals surface area contributed by atoms with Crippen LogP contribution >= 0.6 is 27.7 Å². The molecule has 0 aromatic heterocycles. The number of ether oxygens (including phenoxy) is 1. The van der Waals surface area contributed by atoms with Crippen LogP contribution in [0.15, 0.2) is 27.7 Å². The topological polar surface area (TPSA) is 33.6 Å². The van der Waals surface area contributed by atoms with Crippen LogP contribution in [0, 0.1) is 5.92 Å². The van der Waals surface area contributed by atoms with Crippen LogP contribution in [0.5, 0.6) is 5.75 Å². The van der Waals surface area contributed by atoms with Gasteiger partial charge in [-0.25, -0.2) is 0 Å². The van der Waals surface area contributed by atoms with E-state index in [1.165, 1.54) is 25.7 Å². The maximum Gasteiger partial charge on any atom is 0.161 e. The minimum Gasteiger partial charge on any atom is -0.495 e. The van der Waals surface area contributed by atoms with Crippen molar-refractivity contribution in [3.8, 4) is 5.75 Å². The fourth-order valence-corrected chi connectivity index (χ4v) is 4.56. The highest BCUT2D eigenvalue weighted by molar-refractivity contribution is 9.10. The van der Waals surface area contributed by atoms with Crippen molar-refractivity contribution in [2.24, 2.45) is 10.9 Å². The molecule has 0 atom stereocenters. The van der Waals surface area contributed by atoms with Gasteiger partial charge in [-0.2, -0.15) is 0 Å². The van der Waals surface area contributed by atoms with Crippen LogP contribution in [-0.2, 0) is 0 Å². The summed E-state index contributed by atoms with van der Waals surface area (Å²) in [6, 6.07) is 5.98. The predicted molar refractivity (Wildman–Crippen MR) is 94.6 cm³/mol. The van der Waals surface area contributed by atoms with Gasteiger partial charge in [-0.3, -0.25) is 4.99 Å². The zero-order chi connectivity index (χ0) is 14.9. The van der Waals surface area contributed by atoms with E-state index in [-0.39, 0.29) is 5.54 Å². The summed E-state index contributed by atoms with van der Waals surface area (Å²) in [5.41, 5.74) is 1.15. The summed E-state index contributed by atoms with van der Waals surface area (Å²) >= 11 is 5.35. The van der Waals surface area contributed by atoms with E-state index in [1.807, 2.05) is 30.0 Å². The molecule has 1 aliphatic carbocycles. The Balaban J connectivity index is 1.75. The summed E-state index contributed by atoms with van der Waals surface area (Å²) in [6.07, 6.45) is 5.05. The van der Waals surface area contributed by atoms with E-state index in [1.54, 1.807) is 7.11 Å². The van der Waals surface area contributed by atoms with E-state index in [2.05, 4.69) is 28.2 Å². The van der Waals surface area contributed by atoms with Crippen molar-refractivity contribution in [3.63, 3.8) is 0 Å². The maximum atomic E-state index is 5.41. The van der Waals surface area contributed by atoms with Crippen molar-refractivity contribution in [3.05, 3.63) is 22.7 Å². The average molecular weight is 369 g/mol. The second-order valence-corrected chi connectivity index (χ2v) is 7.96. The number of nitrogens with zero attached hydrogens (tertiary/aromatic N) is 1. The molecule has 114 valence electrons. The minimum absolute atomic E-state index is 0.179. The number of amidine groups is 1. The molecular formula is C16H21BrN2OS. The molecule has 1 aliphatic heterocycles. The van der Waals surface area contributed by atoms with Gasteiger partial charge in [-0.1, -0.05) is 34.6 Å². The first kappa shape index (κ1) is 15.2. The van der Waals surface area contributed by atoms with Gasteiger partial charge in [-0.15, -0.1) is 0 Å². The lowest BCUT2D eigenvalue weighted by atomic mass is 9.79. The van der Waals surface area contributed by atoms with Crippen LogP contribution < -0.4 is 10.1 Å². The zero-order valence-electron chi connectivity index (χ0n) is 12.5. The third kappa shape index (κ3) is 3.39. The van der Waals surface area contributed by atoms with Crippen molar-refractivity contribution in [2.75, 3.05) is 18.2 Å². The molecule has 2 aliphatic rings. The third-order valence-corrected chi connectivity index (χ3v) is 6.07. The molecule has 3 rings (SSSR count). The quantitative estimate of drug-likeness (QED) is 0.803. The third-order valence-electron chi connectivity index (χ3n) is 4.42. The first-order valence-electron chi connectivity index (χ1n) is 7.43. The Kier molecular flexibility index (Phi) is 4.50. The minimum atomic E-state index is 0.179. The SMILES string of the molecule is COc1ccc(Br)cc1NC1=NC2(CCC(C)CC2)CS1. The first-order valence-corrected chi connectivity index (χ1v) is 9.21. The van der Waals surface area contributed by atoms with Crippen molar-refractivity contribution < 1.29 is 4.74 Å². The number of hydrogen-bond acceptors (Lipinski definition) is 4. The van der Waals surface area contributed by atoms with E-state index >= 15 is 0 Å². The second kappa shape index (κ2) is 6.21. The Labute approximate surface area is 139 Å². The highest BCUT2D eigenvalue weighted by Gasteiger charge is 2.38. The molecule has 5 heteroatoms. The van der Waals surface area contributed by atoms with E-state index in [0.717, 1.165) is 32.7 Å². The average Bonchev–Trinajstić information content (AvgIpc) is 2.86. The Hall–Kier alpha value is -0.680. The predicted octanol–water partition coefficient (Wildman–Crippen LogP) is 4.92. The normalized spacial score (nSPS) is 28.5. The van der Waals surface area contributed by atoms with E-state index < -0.39 is 0 Å². The summed E-state index contributed by atoms with van der Waals surface area (Å²) in [5.74, 6) is 2.82. The van der Waals surface area contributed by atoms with Gasteiger partial charge >= 0.3 is 0 Å². The number of hydrogen-bond donors (Lipinski definition) is 1. The number of thioether (sulfide) groups is 1. The standard InChI is InChI=1S/C16H21BrN2OS/c1-11-5-7-16(8-6-11)10-21-15(19-16)18-13-9-12(17)3-4-14(13)20-2/h3-4,9,11H,5-8,10H2,1-2H3,(H,18,19). The smallest absolute Gasteiger partial charge is 0.161 e. The van der Waals surface area contributed by atoms with Gasteiger partial charge in [0.1, 0.15) is 5.75 Å². The Morgan fingerprint density at radius 2 is 2.14 bits per heavy atom. The molecule has 1 fully saturated rings. The molecule has 1 aromatic carbocycles. The Morgan fingerprint density at radius 3 is 2.86 bits per heavy atom. The van der Waals surface area contributed by atoms with Crippen LogP contribution in [0.25, 0.3) is 0 Å². The number of rotatable bonds is 2. The van der Waals surface area contributed by atoms with E-state index in [9.17, 15) is 0 Å². The van der Waals surface area contributed by atoms with Gasteiger partial charge < -0.3 is 10.1 Å². The van der Waals surface area contributed by atoms with Crippen molar-refractivity contribution >= 4 is 38.5 Å². The fraction of sp³-hybridized carbons (Fsp3) is 0.562. The van der Waals surface area contributed by atoms with Crippen LogP contribution in [0.2, 0.25) is 0 Å². The number of benzene rings is 1. The second-order valence-electron chi connectivity index (χ2n) is 6.08. The largest absolute Gasteiger partial charge is 0.495 e. The molecule has 1 aromatic rings. The van der Waals surface area contributed by atoms with E-state index in [4.69, 9.17) is 9.73 Å². The lowest BCUT2D eigenvalue weighted by molar-refractivity contribution is 0.273. The van der Waals surface area contributed by atoms with Gasteiger partial charge in [0.05, 0.1) is 18.3 Å². The monoisotopic (exact) mass is 368 g/mol. The fourth-order valence-electron chi connectivity index (χ4n) is 3.00. The van der Waals surface area contributed by atoms with Gasteiger partial charge in [0, 0.05) is 10.2 Å². The summed E-state index contributed by atoms with van der Waals surface area (Å²) < 4.78 is 6.45. The Bertz CT molecular complexity index is 553. The summed E-state index contributed by atoms with van der Waals surface area (Å²) in [4.78, 5) is 5.01. The number of halogens is 1. The molecule has 0 amide bonds. The van der Waals surface area contributed by atoms with Crippen molar-refractivity contribution in [1.29, 1.82) is 0 Å². The summed E-state index contributed by atoms with van der Waals surface area (Å²) in [5, 5.41) is 4.47. The van der Waals surface area contributed by atoms with Crippen LogP contribution in [0.4, 0.5) is 5.69 Å². The molecule has 1 spiro atoms.